The van der Waals surface area contributed by atoms with Crippen LogP contribution in [0.25, 0.3) is 5.57 Å². The van der Waals surface area contributed by atoms with Crippen molar-refractivity contribution in [2.45, 2.75) is 20.8 Å². The Kier molecular flexibility index (Phi) is 4.47. The molecule has 0 spiro atoms. The van der Waals surface area contributed by atoms with Crippen LogP contribution in [0.4, 0.5) is 0 Å². The van der Waals surface area contributed by atoms with Gasteiger partial charge in [0.2, 0.25) is 0 Å². The molecule has 3 nitrogen and oxygen atoms in total. The Balaban J connectivity index is 3.24. The Morgan fingerprint density at radius 1 is 1.41 bits per heavy atom. The minimum absolute atomic E-state index is 0.0705. The molecule has 1 rings (SSSR count). The Morgan fingerprint density at radius 3 is 2.59 bits per heavy atom. The zero-order chi connectivity index (χ0) is 12.8. The average Bonchev–Trinajstić information content (AvgIpc) is 2.30. The van der Waals surface area contributed by atoms with Crippen LogP contribution in [0.3, 0.4) is 0 Å². The molecule has 1 aromatic rings. The number of aryl methyl sites for hydroxylation is 1. The molecule has 0 fully saturated rings. The van der Waals surface area contributed by atoms with E-state index in [1.165, 1.54) is 0 Å². The van der Waals surface area contributed by atoms with E-state index < -0.39 is 5.97 Å². The number of ether oxygens (including phenoxy) is 1. The number of carbonyl (C=O) groups excluding carboxylic acids is 1. The van der Waals surface area contributed by atoms with Gasteiger partial charge >= 0.3 is 5.97 Å². The molecule has 0 atom stereocenters. The smallest absolute Gasteiger partial charge is 0.349 e. The summed E-state index contributed by atoms with van der Waals surface area (Å²) in [5.74, 6) is -0.559. The molecule has 0 bridgehead atoms. The van der Waals surface area contributed by atoms with Gasteiger partial charge in [0, 0.05) is 0 Å². The second-order valence-electron chi connectivity index (χ2n) is 3.65. The second kappa shape index (κ2) is 5.86. The van der Waals surface area contributed by atoms with Gasteiger partial charge in [-0.15, -0.1) is 0 Å². The first-order chi connectivity index (χ1) is 8.11. The second-order valence-corrected chi connectivity index (χ2v) is 3.65. The van der Waals surface area contributed by atoms with Crippen molar-refractivity contribution < 1.29 is 9.53 Å². The summed E-state index contributed by atoms with van der Waals surface area (Å²) in [6.45, 7) is 5.69. The van der Waals surface area contributed by atoms with E-state index in [1.807, 2.05) is 37.3 Å². The van der Waals surface area contributed by atoms with Crippen molar-refractivity contribution in [1.82, 2.24) is 0 Å². The van der Waals surface area contributed by atoms with Crippen molar-refractivity contribution >= 4 is 11.5 Å². The summed E-state index contributed by atoms with van der Waals surface area (Å²) in [4.78, 5) is 11.6. The number of esters is 1. The molecule has 1 aromatic carbocycles. The van der Waals surface area contributed by atoms with Crippen LogP contribution >= 0.6 is 0 Å². The van der Waals surface area contributed by atoms with Gasteiger partial charge in [-0.3, -0.25) is 0 Å². The molecule has 0 amide bonds. The van der Waals surface area contributed by atoms with E-state index in [4.69, 9.17) is 10.00 Å². The molecule has 0 aromatic heterocycles. The van der Waals surface area contributed by atoms with Crippen molar-refractivity contribution in [3.05, 3.63) is 41.0 Å². The van der Waals surface area contributed by atoms with E-state index in [0.717, 1.165) is 11.1 Å². The summed E-state index contributed by atoms with van der Waals surface area (Å²) in [5, 5.41) is 9.04. The van der Waals surface area contributed by atoms with Crippen LogP contribution in [0, 0.1) is 18.3 Å². The molecule has 0 saturated heterocycles. The van der Waals surface area contributed by atoms with Gasteiger partial charge in [0.15, 0.2) is 0 Å². The van der Waals surface area contributed by atoms with E-state index in [0.29, 0.717) is 5.57 Å². The van der Waals surface area contributed by atoms with Gasteiger partial charge in [-0.25, -0.2) is 4.79 Å². The van der Waals surface area contributed by atoms with E-state index >= 15 is 0 Å². The molecule has 88 valence electrons. The molecule has 0 aliphatic heterocycles. The predicted octanol–water partition coefficient (Wildman–Crippen LogP) is 2.86. The Bertz CT molecular complexity index is 495. The third-order valence-corrected chi connectivity index (χ3v) is 2.52. The predicted molar refractivity (Wildman–Crippen MR) is 66.0 cm³/mol. The third kappa shape index (κ3) is 2.94. The quantitative estimate of drug-likeness (QED) is 0.455. The third-order valence-electron chi connectivity index (χ3n) is 2.52. The number of nitrogens with zero attached hydrogens (tertiary/aromatic N) is 1. The number of hydrogen-bond donors (Lipinski definition) is 0. The highest BCUT2D eigenvalue weighted by molar-refractivity contribution is 6.01. The van der Waals surface area contributed by atoms with Crippen LogP contribution < -0.4 is 0 Å². The number of carbonyl (C=O) groups is 1. The molecular weight excluding hydrogens is 214 g/mol. The maximum Gasteiger partial charge on any atom is 0.349 e. The summed E-state index contributed by atoms with van der Waals surface area (Å²) in [6, 6.07) is 9.55. The first-order valence-electron chi connectivity index (χ1n) is 5.45. The fraction of sp³-hybridized carbons (Fsp3) is 0.286. The molecule has 0 heterocycles. The molecule has 3 heteroatoms. The lowest BCUT2D eigenvalue weighted by atomic mass is 9.98. The number of benzene rings is 1. The maximum atomic E-state index is 11.6. The van der Waals surface area contributed by atoms with Crippen LogP contribution in [0.5, 0.6) is 0 Å². The Labute approximate surface area is 101 Å². The SMILES string of the molecule is CCOC(=O)C(C#N)=C(C)c1ccccc1C. The molecule has 0 radical (unpaired) electrons. The molecule has 0 saturated carbocycles. The summed E-state index contributed by atoms with van der Waals surface area (Å²) in [5.41, 5.74) is 2.66. The van der Waals surface area contributed by atoms with Crippen LogP contribution in [-0.4, -0.2) is 12.6 Å². The number of rotatable bonds is 3. The van der Waals surface area contributed by atoms with Gasteiger partial charge < -0.3 is 4.74 Å². The lowest BCUT2D eigenvalue weighted by Crippen LogP contribution is -2.08. The van der Waals surface area contributed by atoms with Gasteiger partial charge in [0.1, 0.15) is 11.6 Å². The summed E-state index contributed by atoms with van der Waals surface area (Å²) < 4.78 is 4.86. The monoisotopic (exact) mass is 229 g/mol. The normalized spacial score (nSPS) is 11.4. The van der Waals surface area contributed by atoms with E-state index in [-0.39, 0.29) is 12.2 Å². The number of hydrogen-bond acceptors (Lipinski definition) is 3. The fourth-order valence-corrected chi connectivity index (χ4v) is 1.61. The highest BCUT2D eigenvalue weighted by atomic mass is 16.5. The highest BCUT2D eigenvalue weighted by Crippen LogP contribution is 2.22. The average molecular weight is 229 g/mol. The first-order valence-corrected chi connectivity index (χ1v) is 5.45. The topological polar surface area (TPSA) is 50.1 Å². The molecule has 17 heavy (non-hydrogen) atoms. The minimum atomic E-state index is -0.559. The lowest BCUT2D eigenvalue weighted by molar-refractivity contribution is -0.137. The molecular formula is C14H15NO2. The number of nitriles is 1. The molecule has 0 aliphatic rings. The highest BCUT2D eigenvalue weighted by Gasteiger charge is 2.15. The van der Waals surface area contributed by atoms with Crippen molar-refractivity contribution in [2.75, 3.05) is 6.61 Å². The van der Waals surface area contributed by atoms with E-state index in [1.54, 1.807) is 13.8 Å². The van der Waals surface area contributed by atoms with Crippen molar-refractivity contribution in [3.63, 3.8) is 0 Å². The van der Waals surface area contributed by atoms with Crippen molar-refractivity contribution in [2.24, 2.45) is 0 Å². The largest absolute Gasteiger partial charge is 0.462 e. The fourth-order valence-electron chi connectivity index (χ4n) is 1.61. The molecule has 0 unspecified atom stereocenters. The van der Waals surface area contributed by atoms with Gasteiger partial charge in [0.25, 0.3) is 0 Å². The zero-order valence-electron chi connectivity index (χ0n) is 10.3. The van der Waals surface area contributed by atoms with Gasteiger partial charge in [-0.05, 0) is 37.5 Å². The summed E-state index contributed by atoms with van der Waals surface area (Å²) >= 11 is 0. The van der Waals surface area contributed by atoms with Crippen LogP contribution in [0.2, 0.25) is 0 Å². The van der Waals surface area contributed by atoms with E-state index in [2.05, 4.69) is 0 Å². The lowest BCUT2D eigenvalue weighted by Gasteiger charge is -2.08. The van der Waals surface area contributed by atoms with Gasteiger partial charge in [0.05, 0.1) is 6.61 Å². The van der Waals surface area contributed by atoms with Gasteiger partial charge in [-0.2, -0.15) is 5.26 Å². The molecule has 0 aliphatic carbocycles. The first kappa shape index (κ1) is 13.0. The Morgan fingerprint density at radius 2 is 2.06 bits per heavy atom. The Hall–Kier alpha value is -2.08. The van der Waals surface area contributed by atoms with E-state index in [9.17, 15) is 4.79 Å². The summed E-state index contributed by atoms with van der Waals surface area (Å²) in [7, 11) is 0. The zero-order valence-corrected chi connectivity index (χ0v) is 10.3. The van der Waals surface area contributed by atoms with Crippen LogP contribution in [0.15, 0.2) is 29.8 Å². The minimum Gasteiger partial charge on any atom is -0.462 e. The standard InChI is InChI=1S/C14H15NO2/c1-4-17-14(16)13(9-15)11(3)12-8-6-5-7-10(12)2/h5-8H,4H2,1-3H3. The van der Waals surface area contributed by atoms with Crippen LogP contribution in [0.1, 0.15) is 25.0 Å². The summed E-state index contributed by atoms with van der Waals surface area (Å²) in [6.07, 6.45) is 0. The molecule has 0 N–H and O–H groups in total. The van der Waals surface area contributed by atoms with Crippen molar-refractivity contribution in [1.29, 1.82) is 5.26 Å². The maximum absolute atomic E-state index is 11.6. The number of allylic oxidation sites excluding steroid dienone is 1. The van der Waals surface area contributed by atoms with Gasteiger partial charge in [-0.1, -0.05) is 24.3 Å². The van der Waals surface area contributed by atoms with Crippen molar-refractivity contribution in [3.8, 4) is 6.07 Å². The van der Waals surface area contributed by atoms with Crippen LogP contribution in [-0.2, 0) is 9.53 Å².